The van der Waals surface area contributed by atoms with E-state index in [1.807, 2.05) is 18.7 Å². The highest BCUT2D eigenvalue weighted by atomic mass is 79.9. The van der Waals surface area contributed by atoms with E-state index in [2.05, 4.69) is 22.0 Å². The van der Waals surface area contributed by atoms with Gasteiger partial charge in [0.2, 0.25) is 0 Å². The molecule has 14 heavy (non-hydrogen) atoms. The van der Waals surface area contributed by atoms with Crippen molar-refractivity contribution >= 4 is 27.7 Å². The molecule has 1 saturated carbocycles. The zero-order valence-corrected chi connectivity index (χ0v) is 10.8. The predicted octanol–water partition coefficient (Wildman–Crippen LogP) is 4.25. The Hall–Kier alpha value is 0.110. The van der Waals surface area contributed by atoms with Crippen LogP contribution in [0.25, 0.3) is 0 Å². The van der Waals surface area contributed by atoms with Crippen LogP contribution < -0.4 is 0 Å². The van der Waals surface area contributed by atoms with Crippen LogP contribution >= 0.6 is 27.7 Å². The van der Waals surface area contributed by atoms with E-state index < -0.39 is 0 Å². The number of halogens is 1. The van der Waals surface area contributed by atoms with E-state index in [0.717, 1.165) is 11.1 Å². The molecular formula is C11H15BrOS. The second-order valence-corrected chi connectivity index (χ2v) is 5.69. The molecule has 0 unspecified atom stereocenters. The van der Waals surface area contributed by atoms with Crippen LogP contribution in [0.3, 0.4) is 0 Å². The molecule has 0 radical (unpaired) electrons. The molecule has 78 valence electrons. The first kappa shape index (κ1) is 10.6. The number of furan rings is 1. The van der Waals surface area contributed by atoms with Crippen LogP contribution in [-0.2, 0) is 0 Å². The lowest BCUT2D eigenvalue weighted by atomic mass is 9.72. The Kier molecular flexibility index (Phi) is 3.27. The van der Waals surface area contributed by atoms with Crippen molar-refractivity contribution < 1.29 is 4.42 Å². The minimum absolute atomic E-state index is 0.564. The molecule has 1 heterocycles. The van der Waals surface area contributed by atoms with Crippen LogP contribution in [0, 0.1) is 12.3 Å². The molecule has 0 N–H and O–H groups in total. The van der Waals surface area contributed by atoms with Gasteiger partial charge in [-0.15, -0.1) is 11.8 Å². The van der Waals surface area contributed by atoms with Gasteiger partial charge in [0.25, 0.3) is 0 Å². The van der Waals surface area contributed by atoms with Crippen molar-refractivity contribution in [3.8, 4) is 0 Å². The molecule has 0 atom stereocenters. The van der Waals surface area contributed by atoms with Crippen LogP contribution in [-0.4, -0.2) is 11.1 Å². The van der Waals surface area contributed by atoms with E-state index in [1.54, 1.807) is 6.26 Å². The van der Waals surface area contributed by atoms with Crippen molar-refractivity contribution in [1.29, 1.82) is 0 Å². The van der Waals surface area contributed by atoms with E-state index in [-0.39, 0.29) is 0 Å². The molecule has 1 aliphatic carbocycles. The molecule has 0 spiro atoms. The monoisotopic (exact) mass is 274 g/mol. The highest BCUT2D eigenvalue weighted by molar-refractivity contribution is 9.09. The normalized spacial score (nSPS) is 19.3. The molecule has 0 saturated heterocycles. The van der Waals surface area contributed by atoms with Crippen molar-refractivity contribution in [3.05, 3.63) is 18.1 Å². The number of hydrogen-bond acceptors (Lipinski definition) is 2. The first-order valence-corrected chi connectivity index (χ1v) is 7.09. The Balaban J connectivity index is 1.90. The quantitative estimate of drug-likeness (QED) is 0.602. The zero-order chi connectivity index (χ0) is 10.0. The summed E-state index contributed by atoms with van der Waals surface area (Å²) in [6, 6.07) is 2.07. The van der Waals surface area contributed by atoms with E-state index in [0.29, 0.717) is 5.41 Å². The summed E-state index contributed by atoms with van der Waals surface area (Å²) in [5, 5.41) is 1.14. The third-order valence-corrected chi connectivity index (χ3v) is 5.72. The molecule has 0 aromatic carbocycles. The highest BCUT2D eigenvalue weighted by Gasteiger charge is 2.35. The fourth-order valence-corrected chi connectivity index (χ4v) is 4.02. The van der Waals surface area contributed by atoms with Crippen LogP contribution in [0.5, 0.6) is 0 Å². The predicted molar refractivity (Wildman–Crippen MR) is 64.2 cm³/mol. The van der Waals surface area contributed by atoms with Gasteiger partial charge < -0.3 is 4.42 Å². The van der Waals surface area contributed by atoms with Gasteiger partial charge in [-0.2, -0.15) is 0 Å². The summed E-state index contributed by atoms with van der Waals surface area (Å²) in [5.74, 6) is 2.28. The van der Waals surface area contributed by atoms with Gasteiger partial charge in [0.15, 0.2) is 0 Å². The number of alkyl halides is 1. The van der Waals surface area contributed by atoms with Gasteiger partial charge in [0.05, 0.1) is 6.26 Å². The summed E-state index contributed by atoms with van der Waals surface area (Å²) in [7, 11) is 0. The fourth-order valence-electron chi connectivity index (χ4n) is 1.75. The van der Waals surface area contributed by atoms with Crippen LogP contribution in [0.15, 0.2) is 21.6 Å². The molecule has 3 heteroatoms. The van der Waals surface area contributed by atoms with E-state index in [1.165, 1.54) is 29.9 Å². The maximum atomic E-state index is 5.28. The van der Waals surface area contributed by atoms with Crippen molar-refractivity contribution in [1.82, 2.24) is 0 Å². The Morgan fingerprint density at radius 1 is 1.57 bits per heavy atom. The molecule has 0 amide bonds. The lowest BCUT2D eigenvalue weighted by Crippen LogP contribution is -2.33. The Bertz CT molecular complexity index is 298. The molecular weight excluding hydrogens is 260 g/mol. The average Bonchev–Trinajstić information content (AvgIpc) is 2.51. The van der Waals surface area contributed by atoms with Gasteiger partial charge in [-0.25, -0.2) is 0 Å². The lowest BCUT2D eigenvalue weighted by molar-refractivity contribution is 0.206. The molecule has 0 aliphatic heterocycles. The number of hydrogen-bond donors (Lipinski definition) is 0. The molecule has 1 aliphatic rings. The second kappa shape index (κ2) is 4.31. The third kappa shape index (κ3) is 2.03. The summed E-state index contributed by atoms with van der Waals surface area (Å²) in [6.07, 6.45) is 5.93. The SMILES string of the molecule is Cc1occc1SCC1(CBr)CCC1. The molecule has 0 bridgehead atoms. The number of rotatable bonds is 4. The van der Waals surface area contributed by atoms with E-state index >= 15 is 0 Å². The Labute approximate surface area is 97.8 Å². The maximum absolute atomic E-state index is 5.28. The summed E-state index contributed by atoms with van der Waals surface area (Å²) in [4.78, 5) is 1.30. The fraction of sp³-hybridized carbons (Fsp3) is 0.636. The van der Waals surface area contributed by atoms with Gasteiger partial charge in [-0.05, 0) is 31.2 Å². The molecule has 1 fully saturated rings. The Morgan fingerprint density at radius 3 is 2.79 bits per heavy atom. The number of thioether (sulfide) groups is 1. The summed E-state index contributed by atoms with van der Waals surface area (Å²) in [6.45, 7) is 2.03. The molecule has 1 aromatic heterocycles. The molecule has 1 nitrogen and oxygen atoms in total. The van der Waals surface area contributed by atoms with Gasteiger partial charge in [-0.3, -0.25) is 0 Å². The first-order valence-electron chi connectivity index (χ1n) is 4.99. The van der Waals surface area contributed by atoms with Crippen molar-refractivity contribution in [2.45, 2.75) is 31.1 Å². The Morgan fingerprint density at radius 2 is 2.36 bits per heavy atom. The van der Waals surface area contributed by atoms with Crippen molar-refractivity contribution in [2.75, 3.05) is 11.1 Å². The third-order valence-electron chi connectivity index (χ3n) is 3.04. The molecule has 1 aromatic rings. The van der Waals surface area contributed by atoms with Gasteiger partial charge in [0.1, 0.15) is 5.76 Å². The molecule has 2 rings (SSSR count). The maximum Gasteiger partial charge on any atom is 0.114 e. The van der Waals surface area contributed by atoms with E-state index in [9.17, 15) is 0 Å². The van der Waals surface area contributed by atoms with Gasteiger partial charge in [-0.1, -0.05) is 22.4 Å². The highest BCUT2D eigenvalue weighted by Crippen LogP contribution is 2.46. The van der Waals surface area contributed by atoms with Gasteiger partial charge >= 0.3 is 0 Å². The van der Waals surface area contributed by atoms with Gasteiger partial charge in [0, 0.05) is 16.0 Å². The van der Waals surface area contributed by atoms with Crippen LogP contribution in [0.1, 0.15) is 25.0 Å². The zero-order valence-electron chi connectivity index (χ0n) is 8.38. The minimum Gasteiger partial charge on any atom is -0.468 e. The topological polar surface area (TPSA) is 13.1 Å². The van der Waals surface area contributed by atoms with E-state index in [4.69, 9.17) is 4.42 Å². The lowest BCUT2D eigenvalue weighted by Gasteiger charge is -2.40. The average molecular weight is 275 g/mol. The van der Waals surface area contributed by atoms with Crippen molar-refractivity contribution in [3.63, 3.8) is 0 Å². The van der Waals surface area contributed by atoms with Crippen molar-refractivity contribution in [2.24, 2.45) is 5.41 Å². The first-order chi connectivity index (χ1) is 6.76. The summed E-state index contributed by atoms with van der Waals surface area (Å²) < 4.78 is 5.28. The smallest absolute Gasteiger partial charge is 0.114 e. The van der Waals surface area contributed by atoms with Crippen LogP contribution in [0.4, 0.5) is 0 Å². The largest absolute Gasteiger partial charge is 0.468 e. The summed E-state index contributed by atoms with van der Waals surface area (Å²) in [5.41, 5.74) is 0.564. The standard InChI is InChI=1S/C11H15BrOS/c1-9-10(3-6-13-9)14-8-11(7-12)4-2-5-11/h3,6H,2,4-5,7-8H2,1H3. The summed E-state index contributed by atoms with van der Waals surface area (Å²) >= 11 is 5.57. The van der Waals surface area contributed by atoms with Crippen LogP contribution in [0.2, 0.25) is 0 Å². The minimum atomic E-state index is 0.564. The second-order valence-electron chi connectivity index (χ2n) is 4.12. The number of aryl methyl sites for hydroxylation is 1.